The summed E-state index contributed by atoms with van der Waals surface area (Å²) in [6.45, 7) is 2.17. The van der Waals surface area contributed by atoms with Crippen LogP contribution in [-0.2, 0) is 0 Å². The van der Waals surface area contributed by atoms with Crippen molar-refractivity contribution >= 4 is 17.4 Å². The highest BCUT2D eigenvalue weighted by atomic mass is 32.1. The number of halogens is 1. The first-order valence-electron chi connectivity index (χ1n) is 4.98. The molecule has 2 heterocycles. The van der Waals surface area contributed by atoms with E-state index in [1.807, 2.05) is 6.08 Å². The van der Waals surface area contributed by atoms with Crippen LogP contribution in [0.3, 0.4) is 0 Å². The molecule has 1 aliphatic heterocycles. The number of rotatable bonds is 2. The van der Waals surface area contributed by atoms with E-state index in [1.165, 1.54) is 30.2 Å². The predicted octanol–water partition coefficient (Wildman–Crippen LogP) is 2.90. The van der Waals surface area contributed by atoms with E-state index in [9.17, 15) is 4.39 Å². The number of allylic oxidation sites excluding steroid dienone is 1. The molecule has 1 aromatic heterocycles. The molecule has 0 aliphatic carbocycles. The summed E-state index contributed by atoms with van der Waals surface area (Å²) in [6.07, 6.45) is 6.42. The fourth-order valence-electron chi connectivity index (χ4n) is 1.68. The molecular weight excluding hydrogens is 197 g/mol. The van der Waals surface area contributed by atoms with Crippen LogP contribution >= 0.6 is 11.3 Å². The van der Waals surface area contributed by atoms with Gasteiger partial charge < -0.3 is 5.32 Å². The third-order valence-electron chi connectivity index (χ3n) is 2.55. The van der Waals surface area contributed by atoms with Gasteiger partial charge in [0.15, 0.2) is 0 Å². The SMILES string of the molecule is Fc1ccsc1/C=C/C1CCNCC1. The van der Waals surface area contributed by atoms with E-state index in [1.54, 1.807) is 5.38 Å². The van der Waals surface area contributed by atoms with Crippen molar-refractivity contribution in [3.8, 4) is 0 Å². The minimum absolute atomic E-state index is 0.0971. The zero-order valence-electron chi connectivity index (χ0n) is 8.00. The Kier molecular flexibility index (Phi) is 3.32. The van der Waals surface area contributed by atoms with Gasteiger partial charge in [-0.1, -0.05) is 6.08 Å². The predicted molar refractivity (Wildman–Crippen MR) is 58.9 cm³/mol. The highest BCUT2D eigenvalue weighted by Gasteiger charge is 2.09. The van der Waals surface area contributed by atoms with Crippen LogP contribution < -0.4 is 5.32 Å². The van der Waals surface area contributed by atoms with E-state index in [-0.39, 0.29) is 5.82 Å². The van der Waals surface area contributed by atoms with Crippen molar-refractivity contribution in [3.05, 3.63) is 28.2 Å². The fraction of sp³-hybridized carbons (Fsp3) is 0.455. The van der Waals surface area contributed by atoms with Gasteiger partial charge in [0.05, 0.1) is 4.88 Å². The Bertz CT molecular complexity index is 313. The van der Waals surface area contributed by atoms with Crippen molar-refractivity contribution in [3.63, 3.8) is 0 Å². The molecule has 3 heteroatoms. The third kappa shape index (κ3) is 2.42. The molecule has 0 atom stereocenters. The zero-order valence-corrected chi connectivity index (χ0v) is 8.82. The molecule has 14 heavy (non-hydrogen) atoms. The lowest BCUT2D eigenvalue weighted by Gasteiger charge is -2.18. The molecule has 1 fully saturated rings. The maximum absolute atomic E-state index is 13.1. The van der Waals surface area contributed by atoms with Gasteiger partial charge in [-0.3, -0.25) is 0 Å². The quantitative estimate of drug-likeness (QED) is 0.793. The highest BCUT2D eigenvalue weighted by Crippen LogP contribution is 2.20. The van der Waals surface area contributed by atoms with Crippen LogP contribution in [0.25, 0.3) is 6.08 Å². The monoisotopic (exact) mass is 211 g/mol. The molecule has 0 amide bonds. The Hall–Kier alpha value is -0.670. The minimum atomic E-state index is -0.0971. The lowest BCUT2D eigenvalue weighted by atomic mass is 9.98. The lowest BCUT2D eigenvalue weighted by molar-refractivity contribution is 0.438. The van der Waals surface area contributed by atoms with Crippen LogP contribution in [0.4, 0.5) is 4.39 Å². The normalized spacial score (nSPS) is 19.2. The van der Waals surface area contributed by atoms with Crippen molar-refractivity contribution in [1.29, 1.82) is 0 Å². The second-order valence-electron chi connectivity index (χ2n) is 3.58. The number of nitrogens with one attached hydrogen (secondary N) is 1. The number of hydrogen-bond acceptors (Lipinski definition) is 2. The van der Waals surface area contributed by atoms with E-state index in [4.69, 9.17) is 0 Å². The summed E-state index contributed by atoms with van der Waals surface area (Å²) >= 11 is 1.46. The van der Waals surface area contributed by atoms with E-state index in [2.05, 4.69) is 11.4 Å². The van der Waals surface area contributed by atoms with Crippen LogP contribution in [0.5, 0.6) is 0 Å². The van der Waals surface area contributed by atoms with E-state index in [0.717, 1.165) is 18.0 Å². The molecule has 0 radical (unpaired) electrons. The highest BCUT2D eigenvalue weighted by molar-refractivity contribution is 7.10. The van der Waals surface area contributed by atoms with Crippen molar-refractivity contribution in [2.24, 2.45) is 5.92 Å². The molecule has 76 valence electrons. The Morgan fingerprint density at radius 1 is 1.43 bits per heavy atom. The molecular formula is C11H14FNS. The van der Waals surface area contributed by atoms with E-state index < -0.39 is 0 Å². The second-order valence-corrected chi connectivity index (χ2v) is 4.53. The first-order valence-corrected chi connectivity index (χ1v) is 5.86. The van der Waals surface area contributed by atoms with Gasteiger partial charge in [-0.15, -0.1) is 11.3 Å². The lowest BCUT2D eigenvalue weighted by Crippen LogP contribution is -2.26. The molecule has 0 spiro atoms. The van der Waals surface area contributed by atoms with Crippen LogP contribution in [-0.4, -0.2) is 13.1 Å². The number of hydrogen-bond donors (Lipinski definition) is 1. The van der Waals surface area contributed by atoms with Gasteiger partial charge in [-0.05, 0) is 49.4 Å². The molecule has 0 aromatic carbocycles. The van der Waals surface area contributed by atoms with Gasteiger partial charge in [-0.2, -0.15) is 0 Å². The smallest absolute Gasteiger partial charge is 0.141 e. The Balaban J connectivity index is 1.95. The summed E-state index contributed by atoms with van der Waals surface area (Å²) in [5.74, 6) is 0.526. The fourth-order valence-corrected chi connectivity index (χ4v) is 2.36. The van der Waals surface area contributed by atoms with Crippen LogP contribution in [0.1, 0.15) is 17.7 Å². The largest absolute Gasteiger partial charge is 0.317 e. The Labute approximate surface area is 87.6 Å². The average Bonchev–Trinajstić information content (AvgIpc) is 2.63. The molecule has 1 N–H and O–H groups in total. The van der Waals surface area contributed by atoms with Crippen molar-refractivity contribution < 1.29 is 4.39 Å². The zero-order chi connectivity index (χ0) is 9.80. The number of piperidine rings is 1. The van der Waals surface area contributed by atoms with Gasteiger partial charge in [-0.25, -0.2) is 4.39 Å². The molecule has 1 aromatic rings. The summed E-state index contributed by atoms with van der Waals surface area (Å²) in [7, 11) is 0. The molecule has 1 aliphatic rings. The maximum Gasteiger partial charge on any atom is 0.141 e. The Morgan fingerprint density at radius 3 is 2.86 bits per heavy atom. The van der Waals surface area contributed by atoms with Gasteiger partial charge in [0.1, 0.15) is 5.82 Å². The molecule has 1 saturated heterocycles. The van der Waals surface area contributed by atoms with Crippen LogP contribution in [0.15, 0.2) is 17.5 Å². The summed E-state index contributed by atoms with van der Waals surface area (Å²) in [6, 6.07) is 1.52. The van der Waals surface area contributed by atoms with E-state index in [0.29, 0.717) is 5.92 Å². The standard InChI is InChI=1S/C11H14FNS/c12-10-5-8-14-11(10)2-1-9-3-6-13-7-4-9/h1-2,5,8-9,13H,3-4,6-7H2/b2-1+. The topological polar surface area (TPSA) is 12.0 Å². The molecule has 1 nitrogen and oxygen atoms in total. The molecule has 2 rings (SSSR count). The first kappa shape index (κ1) is 9.87. The van der Waals surface area contributed by atoms with Gasteiger partial charge >= 0.3 is 0 Å². The Morgan fingerprint density at radius 2 is 2.21 bits per heavy atom. The van der Waals surface area contributed by atoms with E-state index >= 15 is 0 Å². The van der Waals surface area contributed by atoms with Crippen LogP contribution in [0, 0.1) is 11.7 Å². The summed E-state index contributed by atoms with van der Waals surface area (Å²) in [5, 5.41) is 5.10. The first-order chi connectivity index (χ1) is 6.86. The van der Waals surface area contributed by atoms with Crippen molar-refractivity contribution in [1.82, 2.24) is 5.32 Å². The minimum Gasteiger partial charge on any atom is -0.317 e. The maximum atomic E-state index is 13.1. The number of thiophene rings is 1. The summed E-state index contributed by atoms with van der Waals surface area (Å²) in [5.41, 5.74) is 0. The summed E-state index contributed by atoms with van der Waals surface area (Å²) < 4.78 is 13.1. The van der Waals surface area contributed by atoms with Gasteiger partial charge in [0.2, 0.25) is 0 Å². The third-order valence-corrected chi connectivity index (χ3v) is 3.41. The van der Waals surface area contributed by atoms with Gasteiger partial charge in [0.25, 0.3) is 0 Å². The van der Waals surface area contributed by atoms with Crippen molar-refractivity contribution in [2.75, 3.05) is 13.1 Å². The van der Waals surface area contributed by atoms with Crippen LogP contribution in [0.2, 0.25) is 0 Å². The molecule has 0 bridgehead atoms. The molecule has 0 unspecified atom stereocenters. The van der Waals surface area contributed by atoms with Gasteiger partial charge in [0, 0.05) is 0 Å². The summed E-state index contributed by atoms with van der Waals surface area (Å²) in [4.78, 5) is 0.753. The second kappa shape index (κ2) is 4.71. The average molecular weight is 211 g/mol. The molecule has 0 saturated carbocycles. The van der Waals surface area contributed by atoms with Crippen molar-refractivity contribution in [2.45, 2.75) is 12.8 Å².